The number of benzene rings is 1. The molecular weight excluding hydrogens is 425 g/mol. The largest absolute Gasteiger partial charge is 0.465 e. The summed E-state index contributed by atoms with van der Waals surface area (Å²) in [6, 6.07) is 6.40. The van der Waals surface area contributed by atoms with Crippen molar-refractivity contribution in [1.82, 2.24) is 15.0 Å². The fourth-order valence-electron chi connectivity index (χ4n) is 3.79. The third kappa shape index (κ3) is 3.28. The molecule has 0 spiro atoms. The van der Waals surface area contributed by atoms with Gasteiger partial charge in [0.05, 0.1) is 23.7 Å². The number of hydrogen-bond acceptors (Lipinski definition) is 6. The molecule has 0 N–H and O–H groups in total. The van der Waals surface area contributed by atoms with Crippen LogP contribution in [0, 0.1) is 0 Å². The Balaban J connectivity index is 1.94. The summed E-state index contributed by atoms with van der Waals surface area (Å²) >= 11 is 0. The van der Waals surface area contributed by atoms with Gasteiger partial charge in [0.15, 0.2) is 0 Å². The summed E-state index contributed by atoms with van der Waals surface area (Å²) in [5, 5.41) is 0. The quantitative estimate of drug-likeness (QED) is 0.563. The van der Waals surface area contributed by atoms with E-state index in [0.717, 1.165) is 19.2 Å². The predicted octanol–water partition coefficient (Wildman–Crippen LogP) is 4.30. The zero-order valence-corrected chi connectivity index (χ0v) is 17.3. The maximum Gasteiger partial charge on any atom is 0.417 e. The van der Waals surface area contributed by atoms with Gasteiger partial charge in [0.25, 0.3) is 0 Å². The van der Waals surface area contributed by atoms with Crippen molar-refractivity contribution in [2.45, 2.75) is 25.4 Å². The molecule has 164 valence electrons. The number of esters is 1. The molecule has 1 amide bonds. The number of carbonyl (C=O) groups is 2. The summed E-state index contributed by atoms with van der Waals surface area (Å²) in [5.41, 5.74) is -1.53. The average molecular weight is 442 g/mol. The van der Waals surface area contributed by atoms with Gasteiger partial charge in [0, 0.05) is 24.2 Å². The lowest BCUT2D eigenvalue weighted by molar-refractivity contribution is -0.138. The summed E-state index contributed by atoms with van der Waals surface area (Å²) in [7, 11) is 1.01. The number of alkyl halides is 3. The zero-order valence-electron chi connectivity index (χ0n) is 17.3. The van der Waals surface area contributed by atoms with Crippen LogP contribution >= 0.6 is 0 Å². The number of fused-ring (bicyclic) bond motifs is 1. The second-order valence-electron chi connectivity index (χ2n) is 7.62. The maximum absolute atomic E-state index is 13.4. The summed E-state index contributed by atoms with van der Waals surface area (Å²) in [6.07, 6.45) is -0.320. The lowest BCUT2D eigenvalue weighted by Crippen LogP contribution is -2.34. The van der Waals surface area contributed by atoms with Crippen molar-refractivity contribution in [1.29, 1.82) is 0 Å². The van der Waals surface area contributed by atoms with E-state index in [1.165, 1.54) is 29.6 Å². The maximum atomic E-state index is 13.4. The van der Waals surface area contributed by atoms with Gasteiger partial charge < -0.3 is 4.74 Å². The topological polar surface area (TPSA) is 85.3 Å². The van der Waals surface area contributed by atoms with E-state index in [9.17, 15) is 22.8 Å². The third-order valence-electron chi connectivity index (χ3n) is 5.30. The van der Waals surface area contributed by atoms with Crippen LogP contribution in [0.5, 0.6) is 0 Å². The first-order chi connectivity index (χ1) is 15.1. The summed E-state index contributed by atoms with van der Waals surface area (Å²) in [4.78, 5) is 39.2. The molecule has 1 aliphatic rings. The number of aromatic nitrogens is 3. The van der Waals surface area contributed by atoms with Crippen LogP contribution < -0.4 is 4.90 Å². The van der Waals surface area contributed by atoms with Gasteiger partial charge in [-0.15, -0.1) is 0 Å². The molecule has 2 aromatic heterocycles. The molecule has 3 heterocycles. The lowest BCUT2D eigenvalue weighted by Gasteiger charge is -2.20. The van der Waals surface area contributed by atoms with Crippen LogP contribution in [0.15, 0.2) is 48.9 Å². The first-order valence-corrected chi connectivity index (χ1v) is 9.48. The Kier molecular flexibility index (Phi) is 4.95. The first kappa shape index (κ1) is 21.4. The molecule has 0 atom stereocenters. The van der Waals surface area contributed by atoms with Gasteiger partial charge in [0.2, 0.25) is 11.9 Å². The Labute approximate surface area is 180 Å². The Morgan fingerprint density at radius 1 is 1.06 bits per heavy atom. The molecule has 4 rings (SSSR count). The van der Waals surface area contributed by atoms with Crippen molar-refractivity contribution in [3.8, 4) is 11.1 Å². The number of hydrogen-bond donors (Lipinski definition) is 0. The fraction of sp³-hybridized carbons (Fsp3) is 0.227. The van der Waals surface area contributed by atoms with Crippen LogP contribution in [-0.2, 0) is 21.1 Å². The van der Waals surface area contributed by atoms with Gasteiger partial charge >= 0.3 is 12.1 Å². The van der Waals surface area contributed by atoms with Crippen LogP contribution in [0.1, 0.15) is 35.3 Å². The predicted molar refractivity (Wildman–Crippen MR) is 108 cm³/mol. The number of halogens is 3. The van der Waals surface area contributed by atoms with Gasteiger partial charge in [0.1, 0.15) is 5.82 Å². The second-order valence-corrected chi connectivity index (χ2v) is 7.62. The molecule has 32 heavy (non-hydrogen) atoms. The van der Waals surface area contributed by atoms with Crippen molar-refractivity contribution < 1.29 is 27.5 Å². The number of rotatable bonds is 3. The molecule has 0 saturated heterocycles. The molecule has 10 heteroatoms. The van der Waals surface area contributed by atoms with E-state index in [1.807, 2.05) is 0 Å². The van der Waals surface area contributed by atoms with Gasteiger partial charge in [-0.1, -0.05) is 6.07 Å². The van der Waals surface area contributed by atoms with E-state index in [2.05, 4.69) is 19.7 Å². The van der Waals surface area contributed by atoms with Gasteiger partial charge in [-0.3, -0.25) is 4.79 Å². The monoisotopic (exact) mass is 442 g/mol. The molecule has 1 aliphatic heterocycles. The molecule has 0 aliphatic carbocycles. The summed E-state index contributed by atoms with van der Waals surface area (Å²) in [6.45, 7) is 3.38. The van der Waals surface area contributed by atoms with Crippen LogP contribution in [0.4, 0.5) is 24.9 Å². The highest BCUT2D eigenvalue weighted by molar-refractivity contribution is 6.12. The van der Waals surface area contributed by atoms with Crippen LogP contribution in [0.3, 0.4) is 0 Å². The Hall–Kier alpha value is -3.82. The SMILES string of the molecule is COC(=O)c1cc(-c2ccnc3c2C(C)(C)C(=O)N3c2ncccn2)ccc1C(F)(F)F. The number of amides is 1. The highest BCUT2D eigenvalue weighted by Gasteiger charge is 2.48. The van der Waals surface area contributed by atoms with Crippen molar-refractivity contribution in [3.05, 3.63) is 65.6 Å². The van der Waals surface area contributed by atoms with Crippen LogP contribution in [-0.4, -0.2) is 33.9 Å². The second kappa shape index (κ2) is 7.40. The average Bonchev–Trinajstić information content (AvgIpc) is 2.98. The fourth-order valence-corrected chi connectivity index (χ4v) is 3.79. The Bertz CT molecular complexity index is 1230. The van der Waals surface area contributed by atoms with Crippen molar-refractivity contribution in [2.75, 3.05) is 12.0 Å². The highest BCUT2D eigenvalue weighted by Crippen LogP contribution is 2.48. The van der Waals surface area contributed by atoms with Crippen molar-refractivity contribution in [3.63, 3.8) is 0 Å². The lowest BCUT2D eigenvalue weighted by atomic mass is 9.82. The minimum atomic E-state index is -4.74. The van der Waals surface area contributed by atoms with E-state index in [-0.39, 0.29) is 17.7 Å². The Morgan fingerprint density at radius 3 is 2.38 bits per heavy atom. The molecule has 3 aromatic rings. The third-order valence-corrected chi connectivity index (χ3v) is 5.30. The van der Waals surface area contributed by atoms with Crippen LogP contribution in [0.2, 0.25) is 0 Å². The van der Waals surface area contributed by atoms with Crippen molar-refractivity contribution >= 4 is 23.6 Å². The van der Waals surface area contributed by atoms with E-state index < -0.39 is 28.7 Å². The molecular formula is C22H17F3N4O3. The standard InChI is InChI=1S/C22H17F3N4O3/c1-21(2)16-13(12-5-6-15(22(23,24)25)14(11-12)18(30)32-3)7-10-26-17(16)29(19(21)31)20-27-8-4-9-28-20/h4-11H,1-3H3. The molecule has 0 unspecified atom stereocenters. The first-order valence-electron chi connectivity index (χ1n) is 9.48. The molecule has 7 nitrogen and oxygen atoms in total. The number of nitrogens with zero attached hydrogens (tertiary/aromatic N) is 4. The van der Waals surface area contributed by atoms with E-state index in [0.29, 0.717) is 16.7 Å². The Morgan fingerprint density at radius 2 is 1.75 bits per heavy atom. The van der Waals surface area contributed by atoms with Crippen LogP contribution in [0.25, 0.3) is 11.1 Å². The van der Waals surface area contributed by atoms with Crippen molar-refractivity contribution in [2.24, 2.45) is 0 Å². The molecule has 1 aromatic carbocycles. The summed E-state index contributed by atoms with van der Waals surface area (Å²) in [5.74, 6) is -1.03. The number of pyridine rings is 1. The zero-order chi connectivity index (χ0) is 23.3. The summed E-state index contributed by atoms with van der Waals surface area (Å²) < 4.78 is 44.8. The minimum absolute atomic E-state index is 0.136. The van der Waals surface area contributed by atoms with E-state index in [4.69, 9.17) is 0 Å². The normalized spacial score (nSPS) is 14.9. The molecule has 0 saturated carbocycles. The van der Waals surface area contributed by atoms with E-state index >= 15 is 0 Å². The van der Waals surface area contributed by atoms with E-state index in [1.54, 1.807) is 26.0 Å². The van der Waals surface area contributed by atoms with Gasteiger partial charge in [-0.25, -0.2) is 24.6 Å². The number of anilines is 2. The number of carbonyl (C=O) groups excluding carboxylic acids is 2. The molecule has 0 bridgehead atoms. The number of ether oxygens (including phenoxy) is 1. The molecule has 0 fully saturated rings. The smallest absolute Gasteiger partial charge is 0.417 e. The minimum Gasteiger partial charge on any atom is -0.465 e. The highest BCUT2D eigenvalue weighted by atomic mass is 19.4. The van der Waals surface area contributed by atoms with Gasteiger partial charge in [-0.05, 0) is 49.2 Å². The number of methoxy groups -OCH3 is 1. The molecule has 0 radical (unpaired) electrons. The van der Waals surface area contributed by atoms with Gasteiger partial charge in [-0.2, -0.15) is 13.2 Å².